The van der Waals surface area contributed by atoms with E-state index in [9.17, 15) is 18.3 Å². The van der Waals surface area contributed by atoms with Crippen LogP contribution < -0.4 is 0 Å². The topological polar surface area (TPSA) is 77.9 Å². The Balaban J connectivity index is 1.33. The van der Waals surface area contributed by atoms with Gasteiger partial charge in [0.1, 0.15) is 5.75 Å². The van der Waals surface area contributed by atoms with Crippen molar-refractivity contribution in [2.75, 3.05) is 31.9 Å². The summed E-state index contributed by atoms with van der Waals surface area (Å²) >= 11 is 1.41. The minimum atomic E-state index is -3.53. The maximum absolute atomic E-state index is 13.0. The molecule has 1 amide bonds. The zero-order valence-corrected chi connectivity index (χ0v) is 17.7. The first-order valence-corrected chi connectivity index (χ1v) is 12.2. The van der Waals surface area contributed by atoms with Gasteiger partial charge in [0.15, 0.2) is 0 Å². The Morgan fingerprint density at radius 3 is 2.38 bits per heavy atom. The molecule has 0 unspecified atom stereocenters. The Hall–Kier alpha value is -2.03. The van der Waals surface area contributed by atoms with Gasteiger partial charge in [0.2, 0.25) is 15.9 Å². The van der Waals surface area contributed by atoms with E-state index in [1.165, 1.54) is 21.6 Å². The van der Waals surface area contributed by atoms with E-state index in [4.69, 9.17) is 0 Å². The van der Waals surface area contributed by atoms with Crippen LogP contribution >= 0.6 is 11.8 Å². The monoisotopic (exact) mass is 432 g/mol. The van der Waals surface area contributed by atoms with Gasteiger partial charge in [-0.15, -0.1) is 11.8 Å². The first-order chi connectivity index (χ1) is 13.9. The van der Waals surface area contributed by atoms with Crippen LogP contribution in [0.3, 0.4) is 0 Å². The van der Waals surface area contributed by atoms with Gasteiger partial charge in [-0.1, -0.05) is 6.07 Å². The number of hydrogen-bond donors (Lipinski definition) is 1. The molecule has 1 heterocycles. The fourth-order valence-corrected chi connectivity index (χ4v) is 6.09. The molecule has 0 radical (unpaired) electrons. The lowest BCUT2D eigenvalue weighted by molar-refractivity contribution is -0.129. The predicted octanol–water partition coefficient (Wildman–Crippen LogP) is 2.51. The molecule has 8 heteroatoms. The Morgan fingerprint density at radius 2 is 1.66 bits per heavy atom. The van der Waals surface area contributed by atoms with Gasteiger partial charge in [0.25, 0.3) is 0 Å². The normalized spacial score (nSPS) is 17.3. The maximum Gasteiger partial charge on any atom is 0.243 e. The quantitative estimate of drug-likeness (QED) is 0.735. The molecule has 4 rings (SSSR count). The van der Waals surface area contributed by atoms with E-state index in [-0.39, 0.29) is 11.7 Å². The first kappa shape index (κ1) is 20.3. The SMILES string of the molecule is O=C(CSc1ccc(O)cc1)N1CCN(S(=O)(=O)c2ccc3c(c2)CCC3)CC1. The summed E-state index contributed by atoms with van der Waals surface area (Å²) in [7, 11) is -3.53. The smallest absolute Gasteiger partial charge is 0.243 e. The Bertz CT molecular complexity index is 998. The number of aryl methyl sites for hydroxylation is 2. The van der Waals surface area contributed by atoms with Gasteiger partial charge in [-0.05, 0) is 66.8 Å². The summed E-state index contributed by atoms with van der Waals surface area (Å²) in [5, 5.41) is 9.32. The van der Waals surface area contributed by atoms with Crippen LogP contribution in [0, 0.1) is 0 Å². The number of carbonyl (C=O) groups is 1. The highest BCUT2D eigenvalue weighted by Crippen LogP contribution is 2.27. The Labute approximate surface area is 175 Å². The van der Waals surface area contributed by atoms with Crippen molar-refractivity contribution in [1.82, 2.24) is 9.21 Å². The van der Waals surface area contributed by atoms with Gasteiger partial charge in [0.05, 0.1) is 10.6 Å². The molecule has 2 aliphatic rings. The van der Waals surface area contributed by atoms with Crippen molar-refractivity contribution >= 4 is 27.7 Å². The summed E-state index contributed by atoms with van der Waals surface area (Å²) in [6.07, 6.45) is 3.06. The lowest BCUT2D eigenvalue weighted by Gasteiger charge is -2.34. The molecule has 0 aromatic heterocycles. The zero-order valence-electron chi connectivity index (χ0n) is 16.1. The van der Waals surface area contributed by atoms with Crippen LogP contribution in [0.5, 0.6) is 5.75 Å². The fourth-order valence-electron chi connectivity index (χ4n) is 3.81. The van der Waals surface area contributed by atoms with E-state index in [0.717, 1.165) is 29.7 Å². The molecule has 1 saturated heterocycles. The number of piperazine rings is 1. The van der Waals surface area contributed by atoms with Gasteiger partial charge in [-0.2, -0.15) is 4.31 Å². The van der Waals surface area contributed by atoms with E-state index in [0.29, 0.717) is 36.8 Å². The lowest BCUT2D eigenvalue weighted by atomic mass is 10.1. The number of fused-ring (bicyclic) bond motifs is 1. The number of phenols is 1. The minimum Gasteiger partial charge on any atom is -0.508 e. The molecule has 1 aliphatic heterocycles. The Morgan fingerprint density at radius 1 is 0.966 bits per heavy atom. The van der Waals surface area contributed by atoms with E-state index >= 15 is 0 Å². The average molecular weight is 433 g/mol. The van der Waals surface area contributed by atoms with Crippen LogP contribution in [0.1, 0.15) is 17.5 Å². The zero-order chi connectivity index (χ0) is 20.4. The van der Waals surface area contributed by atoms with E-state index in [1.54, 1.807) is 35.2 Å². The van der Waals surface area contributed by atoms with Gasteiger partial charge in [-0.25, -0.2) is 8.42 Å². The highest BCUT2D eigenvalue weighted by Gasteiger charge is 2.30. The molecule has 0 atom stereocenters. The van der Waals surface area contributed by atoms with Crippen molar-refractivity contribution in [2.24, 2.45) is 0 Å². The second-order valence-corrected chi connectivity index (χ2v) is 10.3. The van der Waals surface area contributed by atoms with Gasteiger partial charge in [-0.3, -0.25) is 4.79 Å². The third-order valence-corrected chi connectivity index (χ3v) is 8.39. The second kappa shape index (κ2) is 8.38. The lowest BCUT2D eigenvalue weighted by Crippen LogP contribution is -2.50. The van der Waals surface area contributed by atoms with Crippen LogP contribution in [0.4, 0.5) is 0 Å². The molecular formula is C21H24N2O4S2. The number of benzene rings is 2. The standard InChI is InChI=1S/C21H24N2O4S2/c24-18-5-7-19(8-6-18)28-15-21(25)22-10-12-23(13-11-22)29(26,27)20-9-4-16-2-1-3-17(16)14-20/h4-9,14,24H,1-3,10-13,15H2. The van der Waals surface area contributed by atoms with E-state index < -0.39 is 10.0 Å². The van der Waals surface area contributed by atoms with Crippen LogP contribution in [0.2, 0.25) is 0 Å². The average Bonchev–Trinajstić information content (AvgIpc) is 3.21. The number of phenolic OH excluding ortho intramolecular Hbond substituents is 1. The molecular weight excluding hydrogens is 408 g/mol. The third-order valence-electron chi connectivity index (χ3n) is 5.50. The molecule has 154 valence electrons. The van der Waals surface area contributed by atoms with Crippen molar-refractivity contribution in [3.63, 3.8) is 0 Å². The number of thioether (sulfide) groups is 1. The second-order valence-electron chi connectivity index (χ2n) is 7.35. The van der Waals surface area contributed by atoms with E-state index in [1.807, 2.05) is 12.1 Å². The van der Waals surface area contributed by atoms with Crippen LogP contribution in [0.15, 0.2) is 52.3 Å². The largest absolute Gasteiger partial charge is 0.508 e. The first-order valence-electron chi connectivity index (χ1n) is 9.75. The van der Waals surface area contributed by atoms with Gasteiger partial charge >= 0.3 is 0 Å². The van der Waals surface area contributed by atoms with Gasteiger partial charge < -0.3 is 10.0 Å². The molecule has 6 nitrogen and oxygen atoms in total. The highest BCUT2D eigenvalue weighted by atomic mass is 32.2. The summed E-state index contributed by atoms with van der Waals surface area (Å²) in [6.45, 7) is 1.43. The Kier molecular flexibility index (Phi) is 5.85. The molecule has 29 heavy (non-hydrogen) atoms. The van der Waals surface area contributed by atoms with Crippen molar-refractivity contribution in [3.05, 3.63) is 53.6 Å². The molecule has 0 bridgehead atoms. The van der Waals surface area contributed by atoms with Crippen LogP contribution in [0.25, 0.3) is 0 Å². The number of sulfonamides is 1. The number of amides is 1. The molecule has 2 aromatic rings. The fraction of sp³-hybridized carbons (Fsp3) is 0.381. The minimum absolute atomic E-state index is 0.00217. The number of hydrogen-bond acceptors (Lipinski definition) is 5. The van der Waals surface area contributed by atoms with Crippen molar-refractivity contribution in [3.8, 4) is 5.75 Å². The van der Waals surface area contributed by atoms with Crippen LogP contribution in [-0.4, -0.2) is 60.6 Å². The molecule has 0 saturated carbocycles. The number of aromatic hydroxyl groups is 1. The van der Waals surface area contributed by atoms with Gasteiger partial charge in [0, 0.05) is 31.1 Å². The van der Waals surface area contributed by atoms with Crippen molar-refractivity contribution < 1.29 is 18.3 Å². The molecule has 1 aliphatic carbocycles. The van der Waals surface area contributed by atoms with E-state index in [2.05, 4.69) is 0 Å². The van der Waals surface area contributed by atoms with Crippen LogP contribution in [-0.2, 0) is 27.7 Å². The molecule has 1 N–H and O–H groups in total. The summed E-state index contributed by atoms with van der Waals surface area (Å²) in [5.74, 6) is 0.488. The third kappa shape index (κ3) is 4.44. The summed E-state index contributed by atoms with van der Waals surface area (Å²) in [5.41, 5.74) is 2.40. The summed E-state index contributed by atoms with van der Waals surface area (Å²) < 4.78 is 27.5. The van der Waals surface area contributed by atoms with Crippen molar-refractivity contribution in [2.45, 2.75) is 29.1 Å². The maximum atomic E-state index is 13.0. The molecule has 2 aromatic carbocycles. The molecule has 0 spiro atoms. The summed E-state index contributed by atoms with van der Waals surface area (Å²) in [4.78, 5) is 15.5. The highest BCUT2D eigenvalue weighted by molar-refractivity contribution is 8.00. The predicted molar refractivity (Wildman–Crippen MR) is 113 cm³/mol. The number of rotatable bonds is 5. The summed E-state index contributed by atoms with van der Waals surface area (Å²) in [6, 6.07) is 12.2. The number of nitrogens with zero attached hydrogens (tertiary/aromatic N) is 2. The number of carbonyl (C=O) groups excluding carboxylic acids is 1. The molecule has 1 fully saturated rings. The van der Waals surface area contributed by atoms with Crippen molar-refractivity contribution in [1.29, 1.82) is 0 Å².